The minimum absolute atomic E-state index is 0.0222. The molecule has 0 fully saturated rings. The van der Waals surface area contributed by atoms with Gasteiger partial charge in [0.25, 0.3) is 0 Å². The summed E-state index contributed by atoms with van der Waals surface area (Å²) in [5.41, 5.74) is 1.87. The van der Waals surface area contributed by atoms with Crippen LogP contribution in [0.2, 0.25) is 0 Å². The summed E-state index contributed by atoms with van der Waals surface area (Å²) in [6.07, 6.45) is 1.15. The molecule has 0 aliphatic heterocycles. The van der Waals surface area contributed by atoms with Gasteiger partial charge in [-0.25, -0.2) is 13.4 Å². The summed E-state index contributed by atoms with van der Waals surface area (Å²) in [5.74, 6) is -1.02. The Kier molecular flexibility index (Phi) is 7.35. The number of sulfone groups is 1. The number of aryl methyl sites for hydroxylation is 1. The summed E-state index contributed by atoms with van der Waals surface area (Å²) < 4.78 is 31.1. The van der Waals surface area contributed by atoms with E-state index in [9.17, 15) is 13.2 Å². The second kappa shape index (κ2) is 9.96. The molecule has 3 aromatic rings. The van der Waals surface area contributed by atoms with E-state index in [1.165, 1.54) is 16.2 Å². The molecular formula is C21H24N2O4S2. The van der Waals surface area contributed by atoms with Crippen LogP contribution in [-0.2, 0) is 25.8 Å². The van der Waals surface area contributed by atoms with Crippen LogP contribution in [-0.4, -0.2) is 51.1 Å². The van der Waals surface area contributed by atoms with Gasteiger partial charge in [-0.05, 0) is 30.5 Å². The van der Waals surface area contributed by atoms with Crippen LogP contribution < -0.4 is 4.90 Å². The standard InChI is InChI=1S/C21H24N2O4S2/c1-27-14-13-23(21-22-18-11-5-6-12-19(18)28-21)20(24)16-29(25,26)15-7-10-17-8-3-2-4-9-17/h2-6,8-9,11-12H,7,10,13-16H2,1H3. The van der Waals surface area contributed by atoms with Crippen LogP contribution in [0.15, 0.2) is 54.6 Å². The van der Waals surface area contributed by atoms with Crippen molar-refractivity contribution < 1.29 is 17.9 Å². The Morgan fingerprint density at radius 3 is 2.55 bits per heavy atom. The third kappa shape index (κ3) is 6.09. The average molecular weight is 433 g/mol. The molecule has 29 heavy (non-hydrogen) atoms. The molecule has 0 aliphatic rings. The monoisotopic (exact) mass is 432 g/mol. The SMILES string of the molecule is COCCN(C(=O)CS(=O)(=O)CCCc1ccccc1)c1nc2ccccc2s1. The number of methoxy groups -OCH3 is 1. The maximum atomic E-state index is 12.8. The highest BCUT2D eigenvalue weighted by atomic mass is 32.2. The molecule has 1 amide bonds. The van der Waals surface area contributed by atoms with Gasteiger partial charge in [0, 0.05) is 7.11 Å². The molecule has 1 heterocycles. The summed E-state index contributed by atoms with van der Waals surface area (Å²) in [7, 11) is -1.97. The number of carbonyl (C=O) groups excluding carboxylic acids is 1. The van der Waals surface area contributed by atoms with E-state index < -0.39 is 21.5 Å². The largest absolute Gasteiger partial charge is 0.383 e. The van der Waals surface area contributed by atoms with Crippen LogP contribution in [0.1, 0.15) is 12.0 Å². The lowest BCUT2D eigenvalue weighted by molar-refractivity contribution is -0.116. The van der Waals surface area contributed by atoms with Crippen LogP contribution >= 0.6 is 11.3 Å². The number of benzene rings is 2. The number of anilines is 1. The van der Waals surface area contributed by atoms with Gasteiger partial charge in [0.15, 0.2) is 15.0 Å². The number of fused-ring (bicyclic) bond motifs is 1. The molecule has 1 aromatic heterocycles. The molecule has 0 unspecified atom stereocenters. The maximum absolute atomic E-state index is 12.8. The molecule has 0 atom stereocenters. The van der Waals surface area contributed by atoms with Crippen molar-refractivity contribution in [1.82, 2.24) is 4.98 Å². The number of thiazole rings is 1. The first-order chi connectivity index (χ1) is 14.0. The lowest BCUT2D eigenvalue weighted by atomic mass is 10.1. The number of ether oxygens (including phenoxy) is 1. The van der Waals surface area contributed by atoms with Gasteiger partial charge in [-0.2, -0.15) is 0 Å². The molecule has 0 bridgehead atoms. The van der Waals surface area contributed by atoms with E-state index in [0.29, 0.717) is 24.6 Å². The summed E-state index contributed by atoms with van der Waals surface area (Å²) in [5, 5.41) is 0.493. The molecule has 2 aromatic carbocycles. The zero-order valence-electron chi connectivity index (χ0n) is 16.3. The van der Waals surface area contributed by atoms with Crippen molar-refractivity contribution in [1.29, 1.82) is 0 Å². The van der Waals surface area contributed by atoms with Crippen LogP contribution in [0.3, 0.4) is 0 Å². The summed E-state index contributed by atoms with van der Waals surface area (Å²) >= 11 is 1.37. The number of para-hydroxylation sites is 1. The Morgan fingerprint density at radius 2 is 1.83 bits per heavy atom. The van der Waals surface area contributed by atoms with Crippen molar-refractivity contribution >= 4 is 42.4 Å². The highest BCUT2D eigenvalue weighted by Gasteiger charge is 2.25. The summed E-state index contributed by atoms with van der Waals surface area (Å²) in [4.78, 5) is 18.7. The highest BCUT2D eigenvalue weighted by molar-refractivity contribution is 7.92. The van der Waals surface area contributed by atoms with Gasteiger partial charge in [-0.3, -0.25) is 9.69 Å². The van der Waals surface area contributed by atoms with E-state index in [0.717, 1.165) is 15.8 Å². The first-order valence-corrected chi connectivity index (χ1v) is 12.0. The van der Waals surface area contributed by atoms with Crippen LogP contribution in [0, 0.1) is 0 Å². The number of amides is 1. The van der Waals surface area contributed by atoms with Crippen LogP contribution in [0.5, 0.6) is 0 Å². The van der Waals surface area contributed by atoms with Gasteiger partial charge in [-0.15, -0.1) is 0 Å². The van der Waals surface area contributed by atoms with E-state index in [4.69, 9.17) is 4.74 Å². The second-order valence-electron chi connectivity index (χ2n) is 6.68. The van der Waals surface area contributed by atoms with Crippen molar-refractivity contribution in [2.45, 2.75) is 12.8 Å². The Balaban J connectivity index is 1.66. The number of hydrogen-bond acceptors (Lipinski definition) is 6. The van der Waals surface area contributed by atoms with Crippen molar-refractivity contribution in [3.8, 4) is 0 Å². The Morgan fingerprint density at radius 1 is 1.10 bits per heavy atom. The van der Waals surface area contributed by atoms with Crippen LogP contribution in [0.25, 0.3) is 10.2 Å². The Bertz CT molecular complexity index is 1020. The van der Waals surface area contributed by atoms with Gasteiger partial charge in [0.2, 0.25) is 5.91 Å². The van der Waals surface area contributed by atoms with E-state index in [1.807, 2.05) is 54.6 Å². The molecule has 0 radical (unpaired) electrons. The van der Waals surface area contributed by atoms with E-state index in [1.54, 1.807) is 7.11 Å². The second-order valence-corrected chi connectivity index (χ2v) is 9.88. The van der Waals surface area contributed by atoms with Gasteiger partial charge < -0.3 is 4.74 Å². The minimum Gasteiger partial charge on any atom is -0.383 e. The van der Waals surface area contributed by atoms with Gasteiger partial charge in [0.05, 0.1) is 29.1 Å². The molecule has 8 heteroatoms. The number of nitrogens with zero attached hydrogens (tertiary/aromatic N) is 2. The van der Waals surface area contributed by atoms with Crippen molar-refractivity contribution in [3.63, 3.8) is 0 Å². The molecule has 0 saturated heterocycles. The van der Waals surface area contributed by atoms with Crippen molar-refractivity contribution in [2.24, 2.45) is 0 Å². The third-order valence-electron chi connectivity index (χ3n) is 4.44. The number of rotatable bonds is 10. The van der Waals surface area contributed by atoms with Crippen LogP contribution in [0.4, 0.5) is 5.13 Å². The quantitative estimate of drug-likeness (QED) is 0.491. The van der Waals surface area contributed by atoms with E-state index in [2.05, 4.69) is 4.98 Å². The first kappa shape index (κ1) is 21.4. The molecule has 0 spiro atoms. The molecular weight excluding hydrogens is 408 g/mol. The van der Waals surface area contributed by atoms with Gasteiger partial charge in [-0.1, -0.05) is 53.8 Å². The molecule has 0 saturated carbocycles. The lowest BCUT2D eigenvalue weighted by Gasteiger charge is -2.19. The Hall–Kier alpha value is -2.29. The fourth-order valence-electron chi connectivity index (χ4n) is 2.96. The average Bonchev–Trinajstić information content (AvgIpc) is 3.12. The van der Waals surface area contributed by atoms with E-state index >= 15 is 0 Å². The number of carbonyl (C=O) groups is 1. The fraction of sp³-hybridized carbons (Fsp3) is 0.333. The predicted octanol–water partition coefficient (Wildman–Crippen LogP) is 3.32. The molecule has 6 nitrogen and oxygen atoms in total. The summed E-state index contributed by atoms with van der Waals surface area (Å²) in [6.45, 7) is 0.560. The molecule has 0 aliphatic carbocycles. The van der Waals surface area contributed by atoms with E-state index in [-0.39, 0.29) is 12.3 Å². The maximum Gasteiger partial charge on any atom is 0.244 e. The number of hydrogen-bond donors (Lipinski definition) is 0. The first-order valence-electron chi connectivity index (χ1n) is 9.38. The molecule has 0 N–H and O–H groups in total. The van der Waals surface area contributed by atoms with Crippen molar-refractivity contribution in [2.75, 3.05) is 36.7 Å². The predicted molar refractivity (Wildman–Crippen MR) is 117 cm³/mol. The topological polar surface area (TPSA) is 76.6 Å². The summed E-state index contributed by atoms with van der Waals surface area (Å²) in [6, 6.07) is 17.3. The lowest BCUT2D eigenvalue weighted by Crippen LogP contribution is -2.38. The van der Waals surface area contributed by atoms with Crippen molar-refractivity contribution in [3.05, 3.63) is 60.2 Å². The molecule has 154 valence electrons. The zero-order chi connectivity index (χ0) is 20.7. The normalized spacial score (nSPS) is 11.6. The minimum atomic E-state index is -3.51. The zero-order valence-corrected chi connectivity index (χ0v) is 17.9. The Labute approximate surface area is 175 Å². The molecule has 3 rings (SSSR count). The number of aromatic nitrogens is 1. The fourth-order valence-corrected chi connectivity index (χ4v) is 5.23. The third-order valence-corrected chi connectivity index (χ3v) is 7.10. The highest BCUT2D eigenvalue weighted by Crippen LogP contribution is 2.28. The smallest absolute Gasteiger partial charge is 0.244 e. The van der Waals surface area contributed by atoms with Gasteiger partial charge in [0.1, 0.15) is 5.75 Å². The van der Waals surface area contributed by atoms with Gasteiger partial charge >= 0.3 is 0 Å².